The molecule has 1 aromatic heterocycles. The maximum Gasteiger partial charge on any atom is 0.167 e. The summed E-state index contributed by atoms with van der Waals surface area (Å²) >= 11 is 1.38. The van der Waals surface area contributed by atoms with E-state index < -0.39 is 0 Å². The smallest absolute Gasteiger partial charge is 0.167 e. The van der Waals surface area contributed by atoms with Gasteiger partial charge in [0.25, 0.3) is 0 Å². The number of carbonyl (C=O) groups excluding carboxylic acids is 1. The first kappa shape index (κ1) is 11.8. The Labute approximate surface area is 94.2 Å². The van der Waals surface area contributed by atoms with Crippen LogP contribution in [0.25, 0.3) is 0 Å². The predicted molar refractivity (Wildman–Crippen MR) is 62.5 cm³/mol. The van der Waals surface area contributed by atoms with Crippen LogP contribution in [-0.4, -0.2) is 29.8 Å². The Morgan fingerprint density at radius 3 is 2.67 bits per heavy atom. The molecule has 0 bridgehead atoms. The van der Waals surface area contributed by atoms with E-state index in [2.05, 4.69) is 4.98 Å². The molecule has 4 heteroatoms. The molecule has 15 heavy (non-hydrogen) atoms. The highest BCUT2D eigenvalue weighted by Crippen LogP contribution is 2.24. The molecule has 0 saturated carbocycles. The van der Waals surface area contributed by atoms with Crippen LogP contribution in [-0.2, 0) is 4.79 Å². The summed E-state index contributed by atoms with van der Waals surface area (Å²) in [6.07, 6.45) is 3.53. The molecule has 3 nitrogen and oxygen atoms in total. The van der Waals surface area contributed by atoms with Gasteiger partial charge in [-0.15, -0.1) is 0 Å². The largest absolute Gasteiger partial charge is 0.382 e. The van der Waals surface area contributed by atoms with Crippen molar-refractivity contribution in [3.05, 3.63) is 35.5 Å². The first-order valence-electron chi connectivity index (χ1n) is 4.57. The van der Waals surface area contributed by atoms with Crippen molar-refractivity contribution in [3.63, 3.8) is 0 Å². The molecule has 0 saturated heterocycles. The summed E-state index contributed by atoms with van der Waals surface area (Å²) in [4.78, 5) is 18.0. The van der Waals surface area contributed by atoms with Gasteiger partial charge in [0, 0.05) is 26.5 Å². The minimum atomic E-state index is 0.0550. The van der Waals surface area contributed by atoms with E-state index in [1.807, 2.05) is 43.4 Å². The number of rotatable bonds is 4. The molecule has 1 aromatic rings. The highest BCUT2D eigenvalue weighted by atomic mass is 32.2. The monoisotopic (exact) mass is 222 g/mol. The molecule has 0 spiro atoms. The molecule has 0 amide bonds. The van der Waals surface area contributed by atoms with Gasteiger partial charge in [-0.25, -0.2) is 4.98 Å². The number of thioether (sulfide) groups is 1. The third kappa shape index (κ3) is 4.16. The van der Waals surface area contributed by atoms with Crippen LogP contribution in [0.1, 0.15) is 6.92 Å². The van der Waals surface area contributed by atoms with Gasteiger partial charge >= 0.3 is 0 Å². The summed E-state index contributed by atoms with van der Waals surface area (Å²) in [6, 6.07) is 5.65. The summed E-state index contributed by atoms with van der Waals surface area (Å²) in [5.74, 6) is 0.0550. The lowest BCUT2D eigenvalue weighted by molar-refractivity contribution is -0.113. The van der Waals surface area contributed by atoms with Crippen molar-refractivity contribution in [3.8, 4) is 0 Å². The Bertz CT molecular complexity index is 360. The minimum absolute atomic E-state index is 0.0550. The maximum absolute atomic E-state index is 11.3. The zero-order chi connectivity index (χ0) is 11.3. The summed E-state index contributed by atoms with van der Waals surface area (Å²) in [7, 11) is 3.78. The molecule has 80 valence electrons. The van der Waals surface area contributed by atoms with Crippen molar-refractivity contribution in [2.75, 3.05) is 14.1 Å². The molecule has 0 aliphatic rings. The van der Waals surface area contributed by atoms with Crippen molar-refractivity contribution < 1.29 is 4.79 Å². The molecule has 0 N–H and O–H groups in total. The second kappa shape index (κ2) is 5.56. The number of Topliss-reactive ketones (excluding diaryl/α,β-unsaturated/α-hetero) is 1. The van der Waals surface area contributed by atoms with Crippen LogP contribution in [0.2, 0.25) is 0 Å². The second-order valence-corrected chi connectivity index (χ2v) is 4.35. The van der Waals surface area contributed by atoms with Crippen LogP contribution in [0.3, 0.4) is 0 Å². The Kier molecular flexibility index (Phi) is 4.37. The third-order valence-electron chi connectivity index (χ3n) is 1.57. The highest BCUT2D eigenvalue weighted by molar-refractivity contribution is 8.03. The lowest BCUT2D eigenvalue weighted by Gasteiger charge is -2.08. The Balaban J connectivity index is 2.81. The molecule has 1 rings (SSSR count). The van der Waals surface area contributed by atoms with Gasteiger partial charge in [-0.2, -0.15) is 0 Å². The molecular formula is C11H14N2OS. The van der Waals surface area contributed by atoms with Crippen molar-refractivity contribution >= 4 is 17.5 Å². The van der Waals surface area contributed by atoms with E-state index >= 15 is 0 Å². The molecule has 0 aliphatic carbocycles. The number of hydrogen-bond donors (Lipinski definition) is 0. The van der Waals surface area contributed by atoms with Gasteiger partial charge in [-0.05, 0) is 19.1 Å². The Morgan fingerprint density at radius 1 is 1.47 bits per heavy atom. The summed E-state index contributed by atoms with van der Waals surface area (Å²) in [5.41, 5.74) is 0. The lowest BCUT2D eigenvalue weighted by Crippen LogP contribution is -2.05. The molecular weight excluding hydrogens is 208 g/mol. The summed E-state index contributed by atoms with van der Waals surface area (Å²) in [5, 5.41) is 0.834. The van der Waals surface area contributed by atoms with Crippen LogP contribution in [0.15, 0.2) is 40.5 Å². The third-order valence-corrected chi connectivity index (χ3v) is 2.64. The van der Waals surface area contributed by atoms with E-state index in [0.29, 0.717) is 4.91 Å². The van der Waals surface area contributed by atoms with Crippen LogP contribution in [0, 0.1) is 0 Å². The SMILES string of the molecule is CC(=O)/C(=C\N(C)C)Sc1ccccn1. The number of hydrogen-bond acceptors (Lipinski definition) is 4. The number of ketones is 1. The average molecular weight is 222 g/mol. The highest BCUT2D eigenvalue weighted by Gasteiger charge is 2.07. The predicted octanol–water partition coefficient (Wildman–Crippen LogP) is 2.17. The lowest BCUT2D eigenvalue weighted by atomic mass is 10.4. The first-order valence-corrected chi connectivity index (χ1v) is 5.39. The van der Waals surface area contributed by atoms with E-state index in [0.717, 1.165) is 5.03 Å². The maximum atomic E-state index is 11.3. The van der Waals surface area contributed by atoms with Crippen molar-refractivity contribution in [1.29, 1.82) is 0 Å². The number of nitrogens with zero attached hydrogens (tertiary/aromatic N) is 2. The number of allylic oxidation sites excluding steroid dienone is 1. The van der Waals surface area contributed by atoms with Gasteiger partial charge < -0.3 is 4.90 Å². The van der Waals surface area contributed by atoms with Crippen molar-refractivity contribution in [1.82, 2.24) is 9.88 Å². The Hall–Kier alpha value is -1.29. The molecule has 0 unspecified atom stereocenters. The summed E-state index contributed by atoms with van der Waals surface area (Å²) in [6.45, 7) is 1.56. The van der Waals surface area contributed by atoms with Gasteiger partial charge in [0.15, 0.2) is 5.78 Å². The topological polar surface area (TPSA) is 33.2 Å². The molecule has 0 aromatic carbocycles. The zero-order valence-electron chi connectivity index (χ0n) is 9.10. The standard InChI is InChI=1S/C11H14N2OS/c1-9(14)10(8-13(2)3)15-11-6-4-5-7-12-11/h4-8H,1-3H3/b10-8+. The van der Waals surface area contributed by atoms with Gasteiger partial charge in [0.2, 0.25) is 0 Å². The summed E-state index contributed by atoms with van der Waals surface area (Å²) < 4.78 is 0. The van der Waals surface area contributed by atoms with E-state index in [-0.39, 0.29) is 5.78 Å². The zero-order valence-corrected chi connectivity index (χ0v) is 9.91. The van der Waals surface area contributed by atoms with Gasteiger partial charge in [0.1, 0.15) is 5.03 Å². The molecule has 0 radical (unpaired) electrons. The van der Waals surface area contributed by atoms with Crippen molar-refractivity contribution in [2.24, 2.45) is 0 Å². The number of carbonyl (C=O) groups is 1. The van der Waals surface area contributed by atoms with Crippen molar-refractivity contribution in [2.45, 2.75) is 11.9 Å². The van der Waals surface area contributed by atoms with Crippen LogP contribution in [0.4, 0.5) is 0 Å². The normalized spacial score (nSPS) is 11.3. The molecule has 0 atom stereocenters. The number of aromatic nitrogens is 1. The van der Waals surface area contributed by atoms with Crippen LogP contribution in [0.5, 0.6) is 0 Å². The first-order chi connectivity index (χ1) is 7.09. The molecule has 0 aliphatic heterocycles. The fraction of sp³-hybridized carbons (Fsp3) is 0.273. The molecule has 1 heterocycles. The van der Waals surface area contributed by atoms with Crippen LogP contribution >= 0.6 is 11.8 Å². The van der Waals surface area contributed by atoms with E-state index in [4.69, 9.17) is 0 Å². The minimum Gasteiger partial charge on any atom is -0.382 e. The van der Waals surface area contributed by atoms with Gasteiger partial charge in [-0.1, -0.05) is 17.8 Å². The van der Waals surface area contributed by atoms with E-state index in [1.54, 1.807) is 13.1 Å². The second-order valence-electron chi connectivity index (χ2n) is 3.28. The fourth-order valence-electron chi connectivity index (χ4n) is 0.944. The number of pyridine rings is 1. The van der Waals surface area contributed by atoms with Gasteiger partial charge in [-0.3, -0.25) is 4.79 Å². The van der Waals surface area contributed by atoms with E-state index in [1.165, 1.54) is 11.8 Å². The fourth-order valence-corrected chi connectivity index (χ4v) is 1.84. The molecule has 0 fully saturated rings. The van der Waals surface area contributed by atoms with Crippen LogP contribution < -0.4 is 0 Å². The Morgan fingerprint density at radius 2 is 2.20 bits per heavy atom. The average Bonchev–Trinajstić information content (AvgIpc) is 2.17. The quantitative estimate of drug-likeness (QED) is 0.577. The van der Waals surface area contributed by atoms with Gasteiger partial charge in [0.05, 0.1) is 4.91 Å². The van der Waals surface area contributed by atoms with E-state index in [9.17, 15) is 4.79 Å².